The van der Waals surface area contributed by atoms with Gasteiger partial charge in [-0.25, -0.2) is 4.79 Å². The van der Waals surface area contributed by atoms with E-state index in [2.05, 4.69) is 27.4 Å². The van der Waals surface area contributed by atoms with Crippen molar-refractivity contribution in [3.63, 3.8) is 0 Å². The van der Waals surface area contributed by atoms with Gasteiger partial charge >= 0.3 is 5.97 Å². The van der Waals surface area contributed by atoms with Crippen molar-refractivity contribution < 1.29 is 14.4 Å². The number of amidine groups is 1. The van der Waals surface area contributed by atoms with E-state index in [0.29, 0.717) is 15.0 Å². The minimum absolute atomic E-state index is 0.113. The van der Waals surface area contributed by atoms with E-state index in [-0.39, 0.29) is 12.7 Å². The lowest BCUT2D eigenvalue weighted by atomic mass is 10.0. The third-order valence-corrected chi connectivity index (χ3v) is 7.97. The number of likely N-dealkylation sites (tertiary alicyclic amines) is 1. The Morgan fingerprint density at radius 3 is 2.54 bits per heavy atom. The molecule has 3 aliphatic rings. The highest BCUT2D eigenvalue weighted by atomic mass is 35.5. The number of benzene rings is 1. The molecule has 35 heavy (non-hydrogen) atoms. The maximum absolute atomic E-state index is 12.3. The summed E-state index contributed by atoms with van der Waals surface area (Å²) >= 11 is 7.12. The average Bonchev–Trinajstić information content (AvgIpc) is 3.62. The number of hydrogen-bond donors (Lipinski definition) is 2. The van der Waals surface area contributed by atoms with E-state index in [4.69, 9.17) is 26.6 Å². The molecular formula is C26H31ClN4O3S. The molecule has 2 saturated heterocycles. The Balaban J connectivity index is 1.35. The fourth-order valence-corrected chi connectivity index (χ4v) is 5.81. The molecule has 0 spiro atoms. The van der Waals surface area contributed by atoms with E-state index >= 15 is 0 Å². The molecule has 0 bridgehead atoms. The first kappa shape index (κ1) is 24.2. The molecule has 4 heterocycles. The highest BCUT2D eigenvalue weighted by molar-refractivity contribution is 7.17. The van der Waals surface area contributed by atoms with Crippen LogP contribution < -0.4 is 10.4 Å². The Hall–Kier alpha value is -2.55. The van der Waals surface area contributed by atoms with Crippen molar-refractivity contribution in [2.75, 3.05) is 37.7 Å². The molecule has 9 heteroatoms. The van der Waals surface area contributed by atoms with Gasteiger partial charge in [-0.15, -0.1) is 11.3 Å². The van der Waals surface area contributed by atoms with E-state index in [9.17, 15) is 4.79 Å². The lowest BCUT2D eigenvalue weighted by Gasteiger charge is -2.27. The molecule has 186 valence electrons. The number of esters is 1. The molecule has 2 N–H and O–H groups in total. The number of rotatable bonds is 6. The summed E-state index contributed by atoms with van der Waals surface area (Å²) in [6, 6.07) is 9.64. The molecule has 1 aromatic heterocycles. The zero-order valence-corrected chi connectivity index (χ0v) is 21.3. The molecule has 3 aliphatic heterocycles. The van der Waals surface area contributed by atoms with Crippen LogP contribution in [0.15, 0.2) is 36.4 Å². The number of anilines is 1. The Labute approximate surface area is 215 Å². The van der Waals surface area contributed by atoms with Crippen molar-refractivity contribution in [2.45, 2.75) is 44.6 Å². The summed E-state index contributed by atoms with van der Waals surface area (Å²) in [6.07, 6.45) is 8.73. The predicted molar refractivity (Wildman–Crippen MR) is 140 cm³/mol. The molecule has 1 atom stereocenters. The molecule has 2 aromatic rings. The highest BCUT2D eigenvalue weighted by Crippen LogP contribution is 2.32. The van der Waals surface area contributed by atoms with Gasteiger partial charge in [-0.2, -0.15) is 0 Å². The first-order valence-electron chi connectivity index (χ1n) is 12.4. The maximum Gasteiger partial charge on any atom is 0.348 e. The van der Waals surface area contributed by atoms with E-state index in [1.54, 1.807) is 12.1 Å². The molecule has 0 aliphatic carbocycles. The quantitative estimate of drug-likeness (QED) is 0.309. The van der Waals surface area contributed by atoms with Gasteiger partial charge in [0.25, 0.3) is 0 Å². The largest absolute Gasteiger partial charge is 0.458 e. The predicted octanol–water partition coefficient (Wildman–Crippen LogP) is 5.30. The number of carbonyl (C=O) groups is 1. The van der Waals surface area contributed by atoms with Crippen molar-refractivity contribution in [1.82, 2.24) is 10.4 Å². The standard InChI is InChI=1S/C26H31ClN4O3S/c27-24-10-9-23(35-24)26(32)33-17-19-16-21(29-34-19)20-8-7-18(25(28)31-13-5-6-14-31)15-22(20)30-11-3-1-2-4-12-30/h7-10,15-16,19,28-29H,1-6,11-14,17H2. The molecule has 7 nitrogen and oxygen atoms in total. The number of carbonyl (C=O) groups excluding carboxylic acids is 1. The lowest BCUT2D eigenvalue weighted by Crippen LogP contribution is -2.29. The van der Waals surface area contributed by atoms with Crippen LogP contribution in [0.25, 0.3) is 5.70 Å². The van der Waals surface area contributed by atoms with Gasteiger partial charge in [-0.1, -0.05) is 36.6 Å². The summed E-state index contributed by atoms with van der Waals surface area (Å²) in [4.78, 5) is 23.1. The van der Waals surface area contributed by atoms with Crippen LogP contribution in [0.5, 0.6) is 0 Å². The van der Waals surface area contributed by atoms with Crippen molar-refractivity contribution in [3.8, 4) is 0 Å². The van der Waals surface area contributed by atoms with Crippen molar-refractivity contribution in [1.29, 1.82) is 5.41 Å². The summed E-state index contributed by atoms with van der Waals surface area (Å²) in [5, 5.41) is 8.76. The number of nitrogens with one attached hydrogen (secondary N) is 2. The summed E-state index contributed by atoms with van der Waals surface area (Å²) in [5.74, 6) is 0.204. The van der Waals surface area contributed by atoms with Gasteiger partial charge in [-0.3, -0.25) is 15.7 Å². The van der Waals surface area contributed by atoms with Crippen molar-refractivity contribution >= 4 is 46.1 Å². The summed E-state index contributed by atoms with van der Waals surface area (Å²) in [5.41, 5.74) is 7.04. The Morgan fingerprint density at radius 2 is 1.83 bits per heavy atom. The van der Waals surface area contributed by atoms with E-state index in [1.807, 2.05) is 12.1 Å². The van der Waals surface area contributed by atoms with Crippen LogP contribution in [0, 0.1) is 5.41 Å². The molecule has 5 rings (SSSR count). The van der Waals surface area contributed by atoms with Crippen LogP contribution in [0.4, 0.5) is 5.69 Å². The number of hydrogen-bond acceptors (Lipinski definition) is 7. The van der Waals surface area contributed by atoms with Gasteiger partial charge in [-0.05, 0) is 50.0 Å². The van der Waals surface area contributed by atoms with Gasteiger partial charge in [0.2, 0.25) is 0 Å². The van der Waals surface area contributed by atoms with Crippen LogP contribution in [0.3, 0.4) is 0 Å². The Kier molecular flexibility index (Phi) is 7.60. The fraction of sp³-hybridized carbons (Fsp3) is 0.462. The minimum Gasteiger partial charge on any atom is -0.458 e. The topological polar surface area (TPSA) is 77.9 Å². The normalized spacial score (nSPS) is 20.4. The summed E-state index contributed by atoms with van der Waals surface area (Å²) in [6.45, 7) is 4.04. The minimum atomic E-state index is -0.401. The Bertz CT molecular complexity index is 1100. The Morgan fingerprint density at radius 1 is 1.09 bits per heavy atom. The van der Waals surface area contributed by atoms with E-state index in [1.165, 1.54) is 37.0 Å². The van der Waals surface area contributed by atoms with Crippen molar-refractivity contribution in [3.05, 3.63) is 56.7 Å². The maximum atomic E-state index is 12.3. The van der Waals surface area contributed by atoms with Crippen molar-refractivity contribution in [2.24, 2.45) is 0 Å². The van der Waals surface area contributed by atoms with Crippen LogP contribution in [0.2, 0.25) is 4.34 Å². The van der Waals surface area contributed by atoms with Gasteiger partial charge in [0.1, 0.15) is 23.4 Å². The third-order valence-electron chi connectivity index (χ3n) is 6.76. The number of nitrogens with zero attached hydrogens (tertiary/aromatic N) is 2. The first-order chi connectivity index (χ1) is 17.1. The zero-order valence-electron chi connectivity index (χ0n) is 19.7. The smallest absolute Gasteiger partial charge is 0.348 e. The number of hydroxylamine groups is 1. The molecule has 2 fully saturated rings. The SMILES string of the molecule is N=C(c1ccc(C2=CC(COC(=O)c3ccc(Cl)s3)ON2)c(N2CCCCCC2)c1)N1CCCC1. The second-order valence-corrected chi connectivity index (χ2v) is 10.9. The molecule has 0 saturated carbocycles. The summed E-state index contributed by atoms with van der Waals surface area (Å²) < 4.78 is 6.00. The monoisotopic (exact) mass is 514 g/mol. The number of thiophene rings is 1. The first-order valence-corrected chi connectivity index (χ1v) is 13.6. The molecule has 1 aromatic carbocycles. The second-order valence-electron chi connectivity index (χ2n) is 9.22. The fourth-order valence-electron chi connectivity index (χ4n) is 4.88. The highest BCUT2D eigenvalue weighted by Gasteiger charge is 2.25. The zero-order chi connectivity index (χ0) is 24.2. The molecule has 0 amide bonds. The molecule has 1 unspecified atom stereocenters. The number of halogens is 1. The number of ether oxygens (including phenoxy) is 1. The van der Waals surface area contributed by atoms with Gasteiger partial charge in [0.15, 0.2) is 0 Å². The van der Waals surface area contributed by atoms with Crippen LogP contribution in [-0.4, -0.2) is 55.6 Å². The van der Waals surface area contributed by atoms with E-state index in [0.717, 1.165) is 61.5 Å². The van der Waals surface area contributed by atoms with Crippen LogP contribution in [0.1, 0.15) is 59.3 Å². The van der Waals surface area contributed by atoms with E-state index < -0.39 is 5.97 Å². The summed E-state index contributed by atoms with van der Waals surface area (Å²) in [7, 11) is 0. The second kappa shape index (κ2) is 11.0. The molecular weight excluding hydrogens is 484 g/mol. The van der Waals surface area contributed by atoms with Gasteiger partial charge < -0.3 is 14.5 Å². The van der Waals surface area contributed by atoms with Gasteiger partial charge in [0.05, 0.1) is 10.0 Å². The average molecular weight is 515 g/mol. The lowest BCUT2D eigenvalue weighted by molar-refractivity contribution is -0.00326. The van der Waals surface area contributed by atoms with Crippen LogP contribution >= 0.6 is 22.9 Å². The molecule has 0 radical (unpaired) electrons. The van der Waals surface area contributed by atoms with Gasteiger partial charge in [0, 0.05) is 43.0 Å². The van der Waals surface area contributed by atoms with Crippen LogP contribution in [-0.2, 0) is 9.57 Å². The third kappa shape index (κ3) is 5.66.